The normalized spacial score (nSPS) is 10.8. The van der Waals surface area contributed by atoms with Gasteiger partial charge in [-0.3, -0.25) is 9.59 Å². The molecule has 0 aliphatic carbocycles. The highest BCUT2D eigenvalue weighted by atomic mass is 16.2. The van der Waals surface area contributed by atoms with Crippen molar-refractivity contribution in [2.45, 2.75) is 0 Å². The van der Waals surface area contributed by atoms with Gasteiger partial charge in [0.15, 0.2) is 0 Å². The number of nitrogens with two attached hydrogens (primary N) is 1. The molecule has 0 saturated carbocycles. The van der Waals surface area contributed by atoms with Crippen molar-refractivity contribution >= 4 is 28.9 Å². The van der Waals surface area contributed by atoms with Crippen LogP contribution in [0.2, 0.25) is 0 Å². The number of carbonyl (C=O) groups is 2. The summed E-state index contributed by atoms with van der Waals surface area (Å²) in [6, 6.07) is 7.65. The average Bonchev–Trinajstić information content (AvgIpc) is 2.72. The van der Waals surface area contributed by atoms with Crippen LogP contribution in [0.3, 0.4) is 0 Å². The molecular weight excluding hydrogens is 220 g/mol. The molecule has 0 radical (unpaired) electrons. The van der Waals surface area contributed by atoms with Gasteiger partial charge in [-0.15, -0.1) is 0 Å². The van der Waals surface area contributed by atoms with Gasteiger partial charge in [0.2, 0.25) is 0 Å². The number of hydrogen-bond donors (Lipinski definition) is 3. The van der Waals surface area contributed by atoms with Crippen LogP contribution in [0.5, 0.6) is 0 Å². The number of H-pyrrole nitrogens is 1. The number of hydrogen-bond acceptors (Lipinski definition) is 3. The second-order valence-corrected chi connectivity index (χ2v) is 3.35. The topological polar surface area (TPSA) is 100 Å². The molecule has 0 atom stereocenters. The van der Waals surface area contributed by atoms with Crippen molar-refractivity contribution in [1.29, 1.82) is 0 Å². The minimum absolute atomic E-state index is 0.811. The summed E-state index contributed by atoms with van der Waals surface area (Å²) in [5, 5.41) is 4.62. The number of fused-ring (bicyclic) bond motifs is 1. The number of primary amides is 1. The lowest BCUT2D eigenvalue weighted by molar-refractivity contribution is -0.137. The van der Waals surface area contributed by atoms with Crippen molar-refractivity contribution in [3.8, 4) is 0 Å². The first kappa shape index (κ1) is 10.9. The van der Waals surface area contributed by atoms with Gasteiger partial charge < -0.3 is 10.7 Å². The lowest BCUT2D eigenvalue weighted by Crippen LogP contribution is -2.32. The van der Waals surface area contributed by atoms with Gasteiger partial charge in [-0.25, -0.2) is 5.43 Å². The first-order valence-corrected chi connectivity index (χ1v) is 4.87. The number of benzene rings is 1. The molecule has 1 aromatic carbocycles. The van der Waals surface area contributed by atoms with Gasteiger partial charge in [-0.2, -0.15) is 5.10 Å². The molecule has 0 bridgehead atoms. The Morgan fingerprint density at radius 2 is 2.12 bits per heavy atom. The first-order chi connectivity index (χ1) is 8.18. The van der Waals surface area contributed by atoms with Gasteiger partial charge >= 0.3 is 11.8 Å². The third-order valence-electron chi connectivity index (χ3n) is 2.21. The summed E-state index contributed by atoms with van der Waals surface area (Å²) in [7, 11) is 0. The number of carbonyl (C=O) groups excluding carboxylic acids is 2. The maximum absolute atomic E-state index is 10.8. The van der Waals surface area contributed by atoms with Gasteiger partial charge in [0.1, 0.15) is 0 Å². The summed E-state index contributed by atoms with van der Waals surface area (Å²) in [4.78, 5) is 24.3. The number of aromatic nitrogens is 1. The Hall–Kier alpha value is -2.63. The molecule has 6 nitrogen and oxygen atoms in total. The van der Waals surface area contributed by atoms with E-state index in [1.807, 2.05) is 29.7 Å². The predicted octanol–water partition coefficient (Wildman–Crippen LogP) is 0.103. The Morgan fingerprint density at radius 1 is 1.35 bits per heavy atom. The largest absolute Gasteiger partial charge is 0.361 e. The molecule has 2 amide bonds. The molecule has 0 saturated heterocycles. The zero-order valence-corrected chi connectivity index (χ0v) is 8.81. The molecule has 4 N–H and O–H groups in total. The molecule has 2 aromatic rings. The van der Waals surface area contributed by atoms with E-state index >= 15 is 0 Å². The van der Waals surface area contributed by atoms with Gasteiger partial charge in [0.25, 0.3) is 0 Å². The lowest BCUT2D eigenvalue weighted by Gasteiger charge is -1.93. The number of nitrogens with one attached hydrogen (secondary N) is 2. The minimum atomic E-state index is -1.07. The molecule has 6 heteroatoms. The highest BCUT2D eigenvalue weighted by molar-refractivity contribution is 6.34. The Bertz CT molecular complexity index is 600. The Kier molecular flexibility index (Phi) is 2.87. The Balaban J connectivity index is 2.16. The van der Waals surface area contributed by atoms with Crippen LogP contribution in [0.4, 0.5) is 0 Å². The van der Waals surface area contributed by atoms with Crippen LogP contribution in [0.15, 0.2) is 35.6 Å². The number of aromatic amines is 1. The van der Waals surface area contributed by atoms with Crippen LogP contribution >= 0.6 is 0 Å². The average molecular weight is 230 g/mol. The monoisotopic (exact) mass is 230 g/mol. The van der Waals surface area contributed by atoms with Gasteiger partial charge in [-0.1, -0.05) is 18.2 Å². The van der Waals surface area contributed by atoms with E-state index in [0.717, 1.165) is 16.5 Å². The Morgan fingerprint density at radius 3 is 2.88 bits per heavy atom. The number of rotatable bonds is 2. The van der Waals surface area contributed by atoms with Crippen molar-refractivity contribution in [3.05, 3.63) is 36.0 Å². The zero-order valence-electron chi connectivity index (χ0n) is 8.81. The maximum atomic E-state index is 10.8. The smallest absolute Gasteiger partial charge is 0.329 e. The lowest BCUT2D eigenvalue weighted by atomic mass is 10.2. The fourth-order valence-electron chi connectivity index (χ4n) is 1.42. The van der Waals surface area contributed by atoms with E-state index in [9.17, 15) is 9.59 Å². The van der Waals surface area contributed by atoms with Gasteiger partial charge in [-0.05, 0) is 6.07 Å². The van der Waals surface area contributed by atoms with Crippen molar-refractivity contribution < 1.29 is 9.59 Å². The van der Waals surface area contributed by atoms with E-state index in [2.05, 4.69) is 10.1 Å². The van der Waals surface area contributed by atoms with E-state index in [1.165, 1.54) is 6.21 Å². The molecule has 0 spiro atoms. The fraction of sp³-hybridized carbons (Fsp3) is 0. The molecule has 1 heterocycles. The number of nitrogens with zero attached hydrogens (tertiary/aromatic N) is 1. The molecule has 0 fully saturated rings. The van der Waals surface area contributed by atoms with Crippen LogP contribution in [-0.2, 0) is 9.59 Å². The third-order valence-corrected chi connectivity index (χ3v) is 2.21. The summed E-state index contributed by atoms with van der Waals surface area (Å²) >= 11 is 0. The zero-order chi connectivity index (χ0) is 12.3. The number of para-hydroxylation sites is 1. The van der Waals surface area contributed by atoms with E-state index in [1.54, 1.807) is 6.20 Å². The van der Waals surface area contributed by atoms with Crippen LogP contribution in [-0.4, -0.2) is 23.0 Å². The second-order valence-electron chi connectivity index (χ2n) is 3.35. The van der Waals surface area contributed by atoms with Crippen molar-refractivity contribution in [1.82, 2.24) is 10.4 Å². The predicted molar refractivity (Wildman–Crippen MR) is 63.2 cm³/mol. The quantitative estimate of drug-likeness (QED) is 0.387. The molecule has 2 rings (SSSR count). The molecule has 0 aliphatic heterocycles. The standard InChI is InChI=1S/C11H10N4O2/c12-10(16)11(17)15-14-6-7-5-13-9-4-2-1-3-8(7)9/h1-6,13H,(H2,12,16)(H,15,17)/b14-6+. The fourth-order valence-corrected chi connectivity index (χ4v) is 1.42. The maximum Gasteiger partial charge on any atom is 0.329 e. The van der Waals surface area contributed by atoms with E-state index in [-0.39, 0.29) is 0 Å². The summed E-state index contributed by atoms with van der Waals surface area (Å²) in [6.07, 6.45) is 3.20. The van der Waals surface area contributed by atoms with Crippen LogP contribution in [0.1, 0.15) is 5.56 Å². The van der Waals surface area contributed by atoms with E-state index in [0.29, 0.717) is 0 Å². The number of hydrazone groups is 1. The highest BCUT2D eigenvalue weighted by Gasteiger charge is 2.05. The molecule has 0 unspecified atom stereocenters. The molecule has 0 aliphatic rings. The van der Waals surface area contributed by atoms with E-state index < -0.39 is 11.8 Å². The van der Waals surface area contributed by atoms with Gasteiger partial charge in [0, 0.05) is 22.7 Å². The minimum Gasteiger partial charge on any atom is -0.361 e. The number of amides is 2. The van der Waals surface area contributed by atoms with Crippen LogP contribution in [0, 0.1) is 0 Å². The molecule has 86 valence electrons. The summed E-state index contributed by atoms with van der Waals surface area (Å²) in [6.45, 7) is 0. The molecular formula is C11H10N4O2. The Labute approximate surface area is 96.5 Å². The van der Waals surface area contributed by atoms with E-state index in [4.69, 9.17) is 5.73 Å². The molecule has 1 aromatic heterocycles. The van der Waals surface area contributed by atoms with Crippen molar-refractivity contribution in [2.24, 2.45) is 10.8 Å². The summed E-state index contributed by atoms with van der Waals surface area (Å²) in [5.41, 5.74) is 8.56. The first-order valence-electron chi connectivity index (χ1n) is 4.87. The molecule has 17 heavy (non-hydrogen) atoms. The van der Waals surface area contributed by atoms with Crippen molar-refractivity contribution in [3.63, 3.8) is 0 Å². The summed E-state index contributed by atoms with van der Waals surface area (Å²) in [5.74, 6) is -2.01. The SMILES string of the molecule is NC(=O)C(=O)N/N=C/c1c[nH]c2ccccc12. The van der Waals surface area contributed by atoms with Crippen LogP contribution < -0.4 is 11.2 Å². The second kappa shape index (κ2) is 4.48. The van der Waals surface area contributed by atoms with Gasteiger partial charge in [0.05, 0.1) is 6.21 Å². The van der Waals surface area contributed by atoms with Crippen LogP contribution in [0.25, 0.3) is 10.9 Å². The highest BCUT2D eigenvalue weighted by Crippen LogP contribution is 2.15. The van der Waals surface area contributed by atoms with Crippen molar-refractivity contribution in [2.75, 3.05) is 0 Å². The third kappa shape index (κ3) is 2.31. The summed E-state index contributed by atoms with van der Waals surface area (Å²) < 4.78 is 0.